The molecule has 1 aliphatic rings. The first-order valence-electron chi connectivity index (χ1n) is 4.15. The molecule has 0 amide bonds. The summed E-state index contributed by atoms with van der Waals surface area (Å²) in [7, 11) is 0. The van der Waals surface area contributed by atoms with Gasteiger partial charge in [-0.3, -0.25) is 0 Å². The first-order valence-corrected chi connectivity index (χ1v) is 4.15. The van der Waals surface area contributed by atoms with E-state index in [0.717, 1.165) is 6.42 Å². The van der Waals surface area contributed by atoms with Gasteiger partial charge in [0, 0.05) is 0 Å². The molecule has 0 heterocycles. The van der Waals surface area contributed by atoms with Crippen LogP contribution in [0, 0.1) is 12.3 Å². The highest BCUT2D eigenvalue weighted by Gasteiger charge is 2.05. The monoisotopic (exact) mass is 150 g/mol. The molecule has 0 fully saturated rings. The predicted molar refractivity (Wildman–Crippen MR) is 46.2 cm³/mol. The number of ether oxygens (including phenoxy) is 1. The number of hydrogen-bond donors (Lipinski definition) is 0. The summed E-state index contributed by atoms with van der Waals surface area (Å²) in [5.41, 5.74) is 0. The number of hydrogen-bond acceptors (Lipinski definition) is 1. The molecule has 1 nitrogen and oxygen atoms in total. The van der Waals surface area contributed by atoms with Crippen molar-refractivity contribution in [1.82, 2.24) is 0 Å². The van der Waals surface area contributed by atoms with E-state index in [1.54, 1.807) is 0 Å². The van der Waals surface area contributed by atoms with Crippen LogP contribution in [0.3, 0.4) is 0 Å². The molecule has 0 saturated carbocycles. The number of rotatable bonds is 2. The third kappa shape index (κ3) is 3.25. The first-order chi connectivity index (χ1) is 5.43. The van der Waals surface area contributed by atoms with Crippen molar-refractivity contribution in [3.8, 4) is 12.3 Å². The summed E-state index contributed by atoms with van der Waals surface area (Å²) in [5, 5.41) is 0. The van der Waals surface area contributed by atoms with Crippen molar-refractivity contribution in [2.75, 3.05) is 6.61 Å². The minimum atomic E-state index is 0.272. The lowest BCUT2D eigenvalue weighted by atomic mass is 10.2. The van der Waals surface area contributed by atoms with Gasteiger partial charge in [-0.05, 0) is 19.3 Å². The van der Waals surface area contributed by atoms with Crippen LogP contribution < -0.4 is 0 Å². The molecule has 0 N–H and O–H groups in total. The number of allylic oxidation sites excluding steroid dienone is 1. The van der Waals surface area contributed by atoms with Crippen molar-refractivity contribution in [1.29, 1.82) is 0 Å². The molecule has 1 rings (SSSR count). The summed E-state index contributed by atoms with van der Waals surface area (Å²) in [4.78, 5) is 0. The highest BCUT2D eigenvalue weighted by molar-refractivity contribution is 4.93. The fraction of sp³-hybridized carbons (Fsp3) is 0.600. The summed E-state index contributed by atoms with van der Waals surface area (Å²) in [5.74, 6) is 2.48. The SMILES string of the molecule is C#CCOC1C=CCCCC1. The van der Waals surface area contributed by atoms with E-state index in [4.69, 9.17) is 11.2 Å². The fourth-order valence-corrected chi connectivity index (χ4v) is 1.25. The van der Waals surface area contributed by atoms with Gasteiger partial charge in [0.1, 0.15) is 6.61 Å². The maximum absolute atomic E-state index is 5.39. The highest BCUT2D eigenvalue weighted by atomic mass is 16.5. The van der Waals surface area contributed by atoms with Gasteiger partial charge in [-0.1, -0.05) is 24.5 Å². The Morgan fingerprint density at radius 1 is 1.55 bits per heavy atom. The quantitative estimate of drug-likeness (QED) is 0.433. The molecule has 1 atom stereocenters. The second-order valence-electron chi connectivity index (χ2n) is 2.77. The molecule has 0 bridgehead atoms. The highest BCUT2D eigenvalue weighted by Crippen LogP contribution is 2.13. The molecule has 11 heavy (non-hydrogen) atoms. The van der Waals surface area contributed by atoms with Crippen molar-refractivity contribution >= 4 is 0 Å². The van der Waals surface area contributed by atoms with Crippen LogP contribution in [0.2, 0.25) is 0 Å². The average molecular weight is 150 g/mol. The molecule has 0 spiro atoms. The Hall–Kier alpha value is -0.740. The van der Waals surface area contributed by atoms with E-state index in [2.05, 4.69) is 18.1 Å². The van der Waals surface area contributed by atoms with E-state index in [1.807, 2.05) is 0 Å². The zero-order valence-corrected chi connectivity index (χ0v) is 6.75. The molecule has 0 aromatic rings. The molecular weight excluding hydrogens is 136 g/mol. The predicted octanol–water partition coefficient (Wildman–Crippen LogP) is 2.13. The van der Waals surface area contributed by atoms with Crippen LogP contribution in [0.4, 0.5) is 0 Å². The van der Waals surface area contributed by atoms with Gasteiger partial charge in [0.2, 0.25) is 0 Å². The Balaban J connectivity index is 2.26. The van der Waals surface area contributed by atoms with Gasteiger partial charge < -0.3 is 4.74 Å². The van der Waals surface area contributed by atoms with Crippen LogP contribution in [0.15, 0.2) is 12.2 Å². The number of terminal acetylenes is 1. The summed E-state index contributed by atoms with van der Waals surface area (Å²) in [6, 6.07) is 0. The molecule has 0 radical (unpaired) electrons. The Labute approximate surface area is 68.4 Å². The zero-order chi connectivity index (χ0) is 7.94. The average Bonchev–Trinajstić information content (AvgIpc) is 2.28. The minimum absolute atomic E-state index is 0.272. The van der Waals surface area contributed by atoms with Crippen molar-refractivity contribution in [3.63, 3.8) is 0 Å². The minimum Gasteiger partial charge on any atom is -0.362 e. The standard InChI is InChI=1S/C10H14O/c1-2-9-11-10-7-5-3-4-6-8-10/h1,5,7,10H,3-4,6,8-9H2. The first kappa shape index (κ1) is 8.36. The van der Waals surface area contributed by atoms with E-state index in [0.29, 0.717) is 6.61 Å². The Morgan fingerprint density at radius 2 is 2.45 bits per heavy atom. The van der Waals surface area contributed by atoms with Gasteiger partial charge in [0.25, 0.3) is 0 Å². The largest absolute Gasteiger partial charge is 0.362 e. The van der Waals surface area contributed by atoms with Crippen molar-refractivity contribution in [2.45, 2.75) is 31.8 Å². The molecule has 0 saturated heterocycles. The van der Waals surface area contributed by atoms with Crippen LogP contribution in [0.5, 0.6) is 0 Å². The van der Waals surface area contributed by atoms with Gasteiger partial charge in [0.15, 0.2) is 0 Å². The van der Waals surface area contributed by atoms with Crippen LogP contribution >= 0.6 is 0 Å². The summed E-state index contributed by atoms with van der Waals surface area (Å²) in [6.07, 6.45) is 14.5. The second-order valence-corrected chi connectivity index (χ2v) is 2.77. The van der Waals surface area contributed by atoms with Crippen LogP contribution in [0.25, 0.3) is 0 Å². The van der Waals surface area contributed by atoms with E-state index in [-0.39, 0.29) is 6.10 Å². The lowest BCUT2D eigenvalue weighted by molar-refractivity contribution is 0.106. The van der Waals surface area contributed by atoms with Crippen molar-refractivity contribution in [2.24, 2.45) is 0 Å². The smallest absolute Gasteiger partial charge is 0.108 e. The van der Waals surface area contributed by atoms with Gasteiger partial charge in [-0.25, -0.2) is 0 Å². The molecular formula is C10H14O. The zero-order valence-electron chi connectivity index (χ0n) is 6.75. The Bertz CT molecular complexity index is 164. The molecule has 60 valence electrons. The van der Waals surface area contributed by atoms with Crippen molar-refractivity contribution in [3.05, 3.63) is 12.2 Å². The molecule has 1 unspecified atom stereocenters. The van der Waals surface area contributed by atoms with Crippen LogP contribution in [0.1, 0.15) is 25.7 Å². The third-order valence-corrected chi connectivity index (χ3v) is 1.84. The van der Waals surface area contributed by atoms with E-state index in [9.17, 15) is 0 Å². The van der Waals surface area contributed by atoms with Crippen molar-refractivity contribution < 1.29 is 4.74 Å². The van der Waals surface area contributed by atoms with Gasteiger partial charge >= 0.3 is 0 Å². The summed E-state index contributed by atoms with van der Waals surface area (Å²) >= 11 is 0. The Kier molecular flexibility index (Phi) is 3.79. The summed E-state index contributed by atoms with van der Waals surface area (Å²) < 4.78 is 5.39. The fourth-order valence-electron chi connectivity index (χ4n) is 1.25. The third-order valence-electron chi connectivity index (χ3n) is 1.84. The molecule has 1 heteroatoms. The molecule has 1 aliphatic carbocycles. The van der Waals surface area contributed by atoms with Crippen LogP contribution in [-0.2, 0) is 4.74 Å². The van der Waals surface area contributed by atoms with E-state index < -0.39 is 0 Å². The summed E-state index contributed by atoms with van der Waals surface area (Å²) in [6.45, 7) is 0.439. The Morgan fingerprint density at radius 3 is 3.27 bits per heavy atom. The lowest BCUT2D eigenvalue weighted by Crippen LogP contribution is -2.08. The van der Waals surface area contributed by atoms with Gasteiger partial charge in [-0.2, -0.15) is 0 Å². The molecule has 0 aromatic heterocycles. The molecule has 0 aliphatic heterocycles. The topological polar surface area (TPSA) is 9.23 Å². The maximum atomic E-state index is 5.39. The van der Waals surface area contributed by atoms with Gasteiger partial charge in [-0.15, -0.1) is 6.42 Å². The lowest BCUT2D eigenvalue weighted by Gasteiger charge is -2.09. The van der Waals surface area contributed by atoms with Gasteiger partial charge in [0.05, 0.1) is 6.10 Å². The second kappa shape index (κ2) is 4.98. The normalized spacial score (nSPS) is 24.1. The van der Waals surface area contributed by atoms with E-state index in [1.165, 1.54) is 19.3 Å². The van der Waals surface area contributed by atoms with Crippen LogP contribution in [-0.4, -0.2) is 12.7 Å². The maximum Gasteiger partial charge on any atom is 0.108 e. The van der Waals surface area contributed by atoms with E-state index >= 15 is 0 Å². The molecule has 0 aromatic carbocycles.